The van der Waals surface area contributed by atoms with E-state index < -0.39 is 5.82 Å². The monoisotopic (exact) mass is 584 g/mol. The van der Waals surface area contributed by atoms with Crippen molar-refractivity contribution in [1.82, 2.24) is 9.47 Å². The lowest BCUT2D eigenvalue weighted by Crippen LogP contribution is -2.27. The number of ether oxygens (including phenoxy) is 1. The van der Waals surface area contributed by atoms with Gasteiger partial charge in [-0.05, 0) is 65.9 Å². The smallest absolute Gasteiger partial charge is 0.293 e. The fourth-order valence-corrected chi connectivity index (χ4v) is 5.28. The second-order valence-corrected chi connectivity index (χ2v) is 10.5. The van der Waals surface area contributed by atoms with Gasteiger partial charge in [0.25, 0.3) is 11.1 Å². The minimum absolute atomic E-state index is 0.180. The molecule has 0 saturated carbocycles. The van der Waals surface area contributed by atoms with E-state index >= 15 is 0 Å². The highest BCUT2D eigenvalue weighted by Crippen LogP contribution is 2.35. The van der Waals surface area contributed by atoms with E-state index in [0.717, 1.165) is 38.3 Å². The number of fused-ring (bicyclic) bond motifs is 1. The molecule has 0 atom stereocenters. The first-order valence-electron chi connectivity index (χ1n) is 11.0. The molecule has 1 saturated heterocycles. The maximum atomic E-state index is 13.9. The molecular formula is C27H19BrClFN2O3S. The molecule has 0 bridgehead atoms. The van der Waals surface area contributed by atoms with Crippen molar-refractivity contribution in [2.45, 2.75) is 13.1 Å². The molecule has 1 aliphatic heterocycles. The molecule has 2 amide bonds. The van der Waals surface area contributed by atoms with Gasteiger partial charge in [0.2, 0.25) is 0 Å². The molecule has 1 fully saturated rings. The Hall–Kier alpha value is -3.07. The number of amides is 2. The van der Waals surface area contributed by atoms with Crippen LogP contribution in [0.4, 0.5) is 9.18 Å². The molecule has 0 unspecified atom stereocenters. The molecule has 0 N–H and O–H groups in total. The van der Waals surface area contributed by atoms with Crippen LogP contribution in [0.2, 0.25) is 5.02 Å². The second kappa shape index (κ2) is 10.5. The van der Waals surface area contributed by atoms with Crippen molar-refractivity contribution in [1.29, 1.82) is 0 Å². The molecule has 5 rings (SSSR count). The van der Waals surface area contributed by atoms with Gasteiger partial charge in [0, 0.05) is 32.2 Å². The molecule has 3 aromatic carbocycles. The average molecular weight is 586 g/mol. The molecule has 1 aromatic heterocycles. The van der Waals surface area contributed by atoms with Crippen LogP contribution in [0, 0.1) is 5.82 Å². The van der Waals surface area contributed by atoms with E-state index in [0.29, 0.717) is 16.5 Å². The van der Waals surface area contributed by atoms with Crippen molar-refractivity contribution in [3.8, 4) is 5.75 Å². The standard InChI is InChI=1S/C27H19BrClFN2O3S/c28-19-7-10-23-21(14-19)18(16-31(23)11-12-35-24-4-2-1-3-22(24)30)13-25-26(33)32(27(34)36-25)15-17-5-8-20(29)9-6-17/h1-10,13-14,16H,11-12,15H2/b25-13-. The summed E-state index contributed by atoms with van der Waals surface area (Å²) >= 11 is 10.4. The Morgan fingerprint density at radius 3 is 2.61 bits per heavy atom. The first-order valence-corrected chi connectivity index (χ1v) is 13.0. The van der Waals surface area contributed by atoms with Gasteiger partial charge in [-0.1, -0.05) is 51.8 Å². The maximum absolute atomic E-state index is 13.9. The molecule has 182 valence electrons. The van der Waals surface area contributed by atoms with Gasteiger partial charge in [-0.25, -0.2) is 4.39 Å². The molecular weight excluding hydrogens is 567 g/mol. The Kier molecular flexibility index (Phi) is 7.18. The Balaban J connectivity index is 1.39. The van der Waals surface area contributed by atoms with E-state index in [9.17, 15) is 14.0 Å². The highest BCUT2D eigenvalue weighted by molar-refractivity contribution is 9.10. The summed E-state index contributed by atoms with van der Waals surface area (Å²) < 4.78 is 22.4. The van der Waals surface area contributed by atoms with Crippen molar-refractivity contribution < 1.29 is 18.7 Å². The minimum atomic E-state index is -0.409. The van der Waals surface area contributed by atoms with Gasteiger partial charge in [0.1, 0.15) is 6.61 Å². The number of hydrogen-bond acceptors (Lipinski definition) is 4. The van der Waals surface area contributed by atoms with Crippen LogP contribution in [-0.2, 0) is 17.9 Å². The van der Waals surface area contributed by atoms with Crippen LogP contribution < -0.4 is 4.74 Å². The lowest BCUT2D eigenvalue weighted by atomic mass is 10.1. The zero-order chi connectivity index (χ0) is 25.2. The fourth-order valence-electron chi connectivity index (χ4n) is 3.96. The molecule has 9 heteroatoms. The Morgan fingerprint density at radius 2 is 1.83 bits per heavy atom. The summed E-state index contributed by atoms with van der Waals surface area (Å²) in [4.78, 5) is 27.3. The molecule has 1 aliphatic rings. The molecule has 5 nitrogen and oxygen atoms in total. The Bertz CT molecular complexity index is 1500. The summed E-state index contributed by atoms with van der Waals surface area (Å²) in [5.41, 5.74) is 2.55. The predicted molar refractivity (Wildman–Crippen MR) is 144 cm³/mol. The number of rotatable bonds is 7. The van der Waals surface area contributed by atoms with Crippen molar-refractivity contribution in [2.75, 3.05) is 6.61 Å². The largest absolute Gasteiger partial charge is 0.489 e. The Labute approximate surface area is 224 Å². The van der Waals surface area contributed by atoms with Gasteiger partial charge >= 0.3 is 0 Å². The summed E-state index contributed by atoms with van der Waals surface area (Å²) in [6, 6.07) is 19.2. The third-order valence-electron chi connectivity index (χ3n) is 5.71. The zero-order valence-corrected chi connectivity index (χ0v) is 21.9. The van der Waals surface area contributed by atoms with Gasteiger partial charge in [-0.15, -0.1) is 0 Å². The minimum Gasteiger partial charge on any atom is -0.489 e. The van der Waals surface area contributed by atoms with Crippen LogP contribution in [0.1, 0.15) is 11.1 Å². The van der Waals surface area contributed by atoms with Crippen LogP contribution in [-0.4, -0.2) is 27.2 Å². The average Bonchev–Trinajstić information content (AvgIpc) is 3.33. The number of hydrogen-bond donors (Lipinski definition) is 0. The molecule has 36 heavy (non-hydrogen) atoms. The van der Waals surface area contributed by atoms with Crippen molar-refractivity contribution in [2.24, 2.45) is 0 Å². The van der Waals surface area contributed by atoms with Gasteiger partial charge in [-0.2, -0.15) is 0 Å². The normalized spacial score (nSPS) is 14.9. The van der Waals surface area contributed by atoms with E-state index in [1.807, 2.05) is 29.0 Å². The number of imide groups is 1. The number of carbonyl (C=O) groups excluding carboxylic acids is 2. The van der Waals surface area contributed by atoms with Gasteiger partial charge in [0.05, 0.1) is 18.0 Å². The van der Waals surface area contributed by atoms with Gasteiger partial charge < -0.3 is 9.30 Å². The van der Waals surface area contributed by atoms with Crippen molar-refractivity contribution in [3.05, 3.63) is 104 Å². The first kappa shape index (κ1) is 24.6. The van der Waals surface area contributed by atoms with E-state index in [1.165, 1.54) is 11.0 Å². The third-order valence-corrected chi connectivity index (χ3v) is 7.37. The van der Waals surface area contributed by atoms with E-state index in [-0.39, 0.29) is 30.0 Å². The molecule has 0 spiro atoms. The number of halogens is 3. The van der Waals surface area contributed by atoms with Gasteiger partial charge in [-0.3, -0.25) is 14.5 Å². The number of carbonyl (C=O) groups is 2. The van der Waals surface area contributed by atoms with Crippen LogP contribution in [0.25, 0.3) is 17.0 Å². The molecule has 0 aliphatic carbocycles. The summed E-state index contributed by atoms with van der Waals surface area (Å²) in [6.45, 7) is 0.913. The number of aromatic nitrogens is 1. The highest BCUT2D eigenvalue weighted by atomic mass is 79.9. The van der Waals surface area contributed by atoms with Crippen LogP contribution in [0.15, 0.2) is 82.3 Å². The number of thioether (sulfide) groups is 1. The van der Waals surface area contributed by atoms with Crippen LogP contribution >= 0.6 is 39.3 Å². The van der Waals surface area contributed by atoms with E-state index in [4.69, 9.17) is 16.3 Å². The number of para-hydroxylation sites is 1. The fraction of sp³-hybridized carbons (Fsp3) is 0.111. The van der Waals surface area contributed by atoms with E-state index in [2.05, 4.69) is 15.9 Å². The first-order chi connectivity index (χ1) is 17.4. The maximum Gasteiger partial charge on any atom is 0.293 e. The quantitative estimate of drug-likeness (QED) is 0.211. The third kappa shape index (κ3) is 5.21. The van der Waals surface area contributed by atoms with Crippen LogP contribution in [0.3, 0.4) is 0 Å². The lowest BCUT2D eigenvalue weighted by Gasteiger charge is -2.12. The summed E-state index contributed by atoms with van der Waals surface area (Å²) in [6.07, 6.45) is 3.66. The Morgan fingerprint density at radius 1 is 1.06 bits per heavy atom. The number of benzene rings is 3. The highest BCUT2D eigenvalue weighted by Gasteiger charge is 2.35. The summed E-state index contributed by atoms with van der Waals surface area (Å²) in [5.74, 6) is -0.543. The molecule has 2 heterocycles. The van der Waals surface area contributed by atoms with E-state index in [1.54, 1.807) is 48.5 Å². The summed E-state index contributed by atoms with van der Waals surface area (Å²) in [7, 11) is 0. The van der Waals surface area contributed by atoms with Crippen molar-refractivity contribution >= 4 is 67.4 Å². The SMILES string of the molecule is O=C1S/C(=C\c2cn(CCOc3ccccc3F)c3ccc(Br)cc23)C(=O)N1Cc1ccc(Cl)cc1. The topological polar surface area (TPSA) is 51.5 Å². The van der Waals surface area contributed by atoms with Crippen LogP contribution in [0.5, 0.6) is 5.75 Å². The predicted octanol–water partition coefficient (Wildman–Crippen LogP) is 7.51. The van der Waals surface area contributed by atoms with Crippen molar-refractivity contribution in [3.63, 3.8) is 0 Å². The summed E-state index contributed by atoms with van der Waals surface area (Å²) in [5, 5.41) is 1.19. The molecule has 4 aromatic rings. The number of nitrogens with zero attached hydrogens (tertiary/aromatic N) is 2. The second-order valence-electron chi connectivity index (χ2n) is 8.11. The van der Waals surface area contributed by atoms with Gasteiger partial charge in [0.15, 0.2) is 11.6 Å². The molecule has 0 radical (unpaired) electrons. The zero-order valence-electron chi connectivity index (χ0n) is 18.8. The lowest BCUT2D eigenvalue weighted by molar-refractivity contribution is -0.123.